The maximum atomic E-state index is 12.5. The second-order valence-corrected chi connectivity index (χ2v) is 6.19. The van der Waals surface area contributed by atoms with Crippen LogP contribution in [0.15, 0.2) is 36.7 Å². The first-order valence-electron chi connectivity index (χ1n) is 8.11. The number of benzene rings is 1. The number of amides is 1. The number of nitrogens with zero attached hydrogens (tertiary/aromatic N) is 4. The third-order valence-electron chi connectivity index (χ3n) is 4.54. The molecule has 0 unspecified atom stereocenters. The van der Waals surface area contributed by atoms with Crippen molar-refractivity contribution < 1.29 is 14.6 Å². The molecule has 3 rings (SSSR count). The van der Waals surface area contributed by atoms with Crippen molar-refractivity contribution in [3.05, 3.63) is 47.8 Å². The molecular weight excluding hydrogens is 320 g/mol. The van der Waals surface area contributed by atoms with Gasteiger partial charge in [-0.15, -0.1) is 0 Å². The molecular formula is C18H20N4O3. The highest BCUT2D eigenvalue weighted by Crippen LogP contribution is 2.32. The molecule has 1 aliphatic heterocycles. The first-order valence-corrected chi connectivity index (χ1v) is 8.11. The molecule has 1 aliphatic rings. The Morgan fingerprint density at radius 1 is 1.44 bits per heavy atom. The lowest BCUT2D eigenvalue weighted by Crippen LogP contribution is -2.33. The number of likely N-dealkylation sites (tertiary alicyclic amines) is 1. The van der Waals surface area contributed by atoms with Gasteiger partial charge in [0.05, 0.1) is 11.8 Å². The number of hydrogen-bond donors (Lipinski definition) is 1. The van der Waals surface area contributed by atoms with Crippen LogP contribution in [0, 0.1) is 17.2 Å². The van der Waals surface area contributed by atoms with Gasteiger partial charge in [-0.3, -0.25) is 9.48 Å². The number of aromatic nitrogens is 2. The van der Waals surface area contributed by atoms with Gasteiger partial charge < -0.3 is 14.7 Å². The summed E-state index contributed by atoms with van der Waals surface area (Å²) < 4.78 is 7.24. The number of nitriles is 1. The normalized spacial score (nSPS) is 19.6. The maximum Gasteiger partial charge on any atom is 0.260 e. The number of ether oxygens (including phenoxy) is 1. The van der Waals surface area contributed by atoms with E-state index in [1.165, 1.54) is 0 Å². The van der Waals surface area contributed by atoms with Crippen LogP contribution >= 0.6 is 0 Å². The van der Waals surface area contributed by atoms with Crippen LogP contribution in [0.5, 0.6) is 5.75 Å². The minimum atomic E-state index is -0.155. The molecule has 0 bridgehead atoms. The quantitative estimate of drug-likeness (QED) is 0.873. The second kappa shape index (κ2) is 7.36. The smallest absolute Gasteiger partial charge is 0.260 e. The summed E-state index contributed by atoms with van der Waals surface area (Å²) in [6, 6.07) is 8.87. The third-order valence-corrected chi connectivity index (χ3v) is 4.54. The van der Waals surface area contributed by atoms with E-state index in [1.54, 1.807) is 40.0 Å². The Balaban J connectivity index is 1.64. The zero-order valence-corrected chi connectivity index (χ0v) is 14.0. The van der Waals surface area contributed by atoms with Crippen LogP contribution in [0.1, 0.15) is 17.0 Å². The predicted molar refractivity (Wildman–Crippen MR) is 89.8 cm³/mol. The monoisotopic (exact) mass is 340 g/mol. The van der Waals surface area contributed by atoms with Crippen molar-refractivity contribution in [2.75, 3.05) is 26.3 Å². The lowest BCUT2D eigenvalue weighted by Gasteiger charge is -2.17. The molecule has 7 heteroatoms. The SMILES string of the molecule is Cn1cc([C@@H]2CN(C(=O)COc3ccccc3C#N)C[C@H]2CO)cn1. The fraction of sp³-hybridized carbons (Fsp3) is 0.389. The highest BCUT2D eigenvalue weighted by Gasteiger charge is 2.36. The number of aliphatic hydroxyl groups excluding tert-OH is 1. The van der Waals surface area contributed by atoms with Crippen molar-refractivity contribution in [3.8, 4) is 11.8 Å². The standard InChI is InChI=1S/C18H20N4O3/c1-21-8-14(7-20-21)16-10-22(9-15(16)11-23)18(24)12-25-17-5-3-2-4-13(17)6-19/h2-5,7-8,15-16,23H,9-12H2,1H3/t15-,16-/m0/s1. The molecule has 7 nitrogen and oxygen atoms in total. The number of aliphatic hydroxyl groups is 1. The zero-order chi connectivity index (χ0) is 17.8. The van der Waals surface area contributed by atoms with Crippen LogP contribution in [0.2, 0.25) is 0 Å². The lowest BCUT2D eigenvalue weighted by atomic mass is 9.92. The van der Waals surface area contributed by atoms with E-state index >= 15 is 0 Å². The molecule has 1 amide bonds. The summed E-state index contributed by atoms with van der Waals surface area (Å²) >= 11 is 0. The molecule has 2 heterocycles. The third kappa shape index (κ3) is 3.64. The molecule has 1 fully saturated rings. The van der Waals surface area contributed by atoms with Crippen LogP contribution in [0.3, 0.4) is 0 Å². The van der Waals surface area contributed by atoms with Gasteiger partial charge in [0, 0.05) is 44.8 Å². The molecule has 0 saturated carbocycles. The van der Waals surface area contributed by atoms with E-state index < -0.39 is 0 Å². The van der Waals surface area contributed by atoms with Gasteiger partial charge in [0.15, 0.2) is 6.61 Å². The fourth-order valence-electron chi connectivity index (χ4n) is 3.18. The number of hydrogen-bond acceptors (Lipinski definition) is 5. The molecule has 0 spiro atoms. The largest absolute Gasteiger partial charge is 0.482 e. The van der Waals surface area contributed by atoms with E-state index in [2.05, 4.69) is 5.10 Å². The van der Waals surface area contributed by atoms with Crippen molar-refractivity contribution in [3.63, 3.8) is 0 Å². The summed E-state index contributed by atoms with van der Waals surface area (Å²) in [5.41, 5.74) is 1.42. The van der Waals surface area contributed by atoms with Crippen molar-refractivity contribution in [2.45, 2.75) is 5.92 Å². The average Bonchev–Trinajstić information content (AvgIpc) is 3.25. The molecule has 25 heavy (non-hydrogen) atoms. The number of aryl methyl sites for hydroxylation is 1. The van der Waals surface area contributed by atoms with E-state index in [9.17, 15) is 9.90 Å². The molecule has 1 N–H and O–H groups in total. The molecule has 2 atom stereocenters. The first-order chi connectivity index (χ1) is 12.1. The van der Waals surface area contributed by atoms with Crippen molar-refractivity contribution in [1.82, 2.24) is 14.7 Å². The Hall–Kier alpha value is -2.85. The minimum Gasteiger partial charge on any atom is -0.482 e. The number of rotatable bonds is 5. The molecule has 1 saturated heterocycles. The predicted octanol–water partition coefficient (Wildman–Crippen LogP) is 0.905. The molecule has 130 valence electrons. The Kier molecular flexibility index (Phi) is 5.00. The van der Waals surface area contributed by atoms with Crippen LogP contribution in [-0.4, -0.2) is 52.0 Å². The van der Waals surface area contributed by atoms with E-state index in [4.69, 9.17) is 10.00 Å². The average molecular weight is 340 g/mol. The van der Waals surface area contributed by atoms with E-state index in [1.807, 2.05) is 19.3 Å². The summed E-state index contributed by atoms with van der Waals surface area (Å²) in [7, 11) is 1.84. The number of carbonyl (C=O) groups excluding carboxylic acids is 1. The summed E-state index contributed by atoms with van der Waals surface area (Å²) in [5.74, 6) is 0.297. The van der Waals surface area contributed by atoms with Crippen LogP contribution in [-0.2, 0) is 11.8 Å². The molecule has 0 aliphatic carbocycles. The highest BCUT2D eigenvalue weighted by atomic mass is 16.5. The maximum absolute atomic E-state index is 12.5. The van der Waals surface area contributed by atoms with Crippen molar-refractivity contribution in [2.24, 2.45) is 13.0 Å². The topological polar surface area (TPSA) is 91.4 Å². The van der Waals surface area contributed by atoms with E-state index in [0.717, 1.165) is 5.56 Å². The van der Waals surface area contributed by atoms with Gasteiger partial charge in [0.1, 0.15) is 11.8 Å². The molecule has 1 aromatic carbocycles. The second-order valence-electron chi connectivity index (χ2n) is 6.19. The van der Waals surface area contributed by atoms with Crippen LogP contribution in [0.25, 0.3) is 0 Å². The minimum absolute atomic E-state index is 0.0143. The van der Waals surface area contributed by atoms with Gasteiger partial charge in [0.2, 0.25) is 0 Å². The van der Waals surface area contributed by atoms with E-state index in [-0.39, 0.29) is 31.0 Å². The number of para-hydroxylation sites is 1. The lowest BCUT2D eigenvalue weighted by molar-refractivity contribution is -0.132. The summed E-state index contributed by atoms with van der Waals surface area (Å²) in [4.78, 5) is 14.2. The van der Waals surface area contributed by atoms with Crippen molar-refractivity contribution >= 4 is 5.91 Å². The van der Waals surface area contributed by atoms with Crippen molar-refractivity contribution in [1.29, 1.82) is 5.26 Å². The molecule has 2 aromatic rings. The van der Waals surface area contributed by atoms with Gasteiger partial charge >= 0.3 is 0 Å². The highest BCUT2D eigenvalue weighted by molar-refractivity contribution is 5.78. The molecule has 0 radical (unpaired) electrons. The fourth-order valence-corrected chi connectivity index (χ4v) is 3.18. The van der Waals surface area contributed by atoms with Gasteiger partial charge in [0.25, 0.3) is 5.91 Å². The van der Waals surface area contributed by atoms with Gasteiger partial charge in [-0.05, 0) is 17.7 Å². The van der Waals surface area contributed by atoms with Gasteiger partial charge in [-0.25, -0.2) is 0 Å². The van der Waals surface area contributed by atoms with Crippen LogP contribution < -0.4 is 4.74 Å². The summed E-state index contributed by atoms with van der Waals surface area (Å²) in [6.07, 6.45) is 3.70. The Morgan fingerprint density at radius 2 is 2.24 bits per heavy atom. The summed E-state index contributed by atoms with van der Waals surface area (Å²) in [5, 5.41) is 22.9. The van der Waals surface area contributed by atoms with E-state index in [0.29, 0.717) is 24.4 Å². The Labute approximate surface area is 146 Å². The number of carbonyl (C=O) groups is 1. The zero-order valence-electron chi connectivity index (χ0n) is 14.0. The Morgan fingerprint density at radius 3 is 2.92 bits per heavy atom. The van der Waals surface area contributed by atoms with Gasteiger partial charge in [-0.1, -0.05) is 12.1 Å². The summed E-state index contributed by atoms with van der Waals surface area (Å²) in [6.45, 7) is 0.898. The van der Waals surface area contributed by atoms with Crippen LogP contribution in [0.4, 0.5) is 0 Å². The van der Waals surface area contributed by atoms with Gasteiger partial charge in [-0.2, -0.15) is 10.4 Å². The Bertz CT molecular complexity index is 796. The molecule has 1 aromatic heterocycles. The first kappa shape index (κ1) is 17.0.